The summed E-state index contributed by atoms with van der Waals surface area (Å²) < 4.78 is 16.0. The van der Waals surface area contributed by atoms with Gasteiger partial charge in [0.25, 0.3) is 0 Å². The first-order chi connectivity index (χ1) is 12.1. The van der Waals surface area contributed by atoms with Gasteiger partial charge in [-0.15, -0.1) is 0 Å². The van der Waals surface area contributed by atoms with E-state index in [1.54, 1.807) is 20.5 Å². The topological polar surface area (TPSA) is 60.7 Å². The molecule has 0 saturated heterocycles. The van der Waals surface area contributed by atoms with Gasteiger partial charge in [-0.05, 0) is 36.2 Å². The highest BCUT2D eigenvalue weighted by Gasteiger charge is 2.11. The molecular formula is C20H21NO4. The molecule has 0 fully saturated rings. The lowest BCUT2D eigenvalue weighted by Crippen LogP contribution is -2.24. The summed E-state index contributed by atoms with van der Waals surface area (Å²) in [6.45, 7) is 2.44. The van der Waals surface area contributed by atoms with Crippen molar-refractivity contribution in [1.29, 1.82) is 0 Å². The first-order valence-electron chi connectivity index (χ1n) is 8.05. The normalized spacial score (nSPS) is 10.7. The van der Waals surface area contributed by atoms with Crippen molar-refractivity contribution in [1.82, 2.24) is 5.32 Å². The fourth-order valence-corrected chi connectivity index (χ4v) is 2.75. The Kier molecular flexibility index (Phi) is 4.93. The van der Waals surface area contributed by atoms with E-state index < -0.39 is 0 Å². The van der Waals surface area contributed by atoms with E-state index >= 15 is 0 Å². The van der Waals surface area contributed by atoms with Crippen LogP contribution < -0.4 is 14.8 Å². The van der Waals surface area contributed by atoms with Gasteiger partial charge in [0.15, 0.2) is 11.5 Å². The van der Waals surface area contributed by atoms with Crippen LogP contribution in [-0.2, 0) is 17.8 Å². The monoisotopic (exact) mass is 339 g/mol. The van der Waals surface area contributed by atoms with Crippen molar-refractivity contribution in [2.24, 2.45) is 0 Å². The van der Waals surface area contributed by atoms with Crippen molar-refractivity contribution in [3.8, 4) is 11.5 Å². The summed E-state index contributed by atoms with van der Waals surface area (Å²) in [5.41, 5.74) is 3.77. The molecule has 3 aromatic rings. The summed E-state index contributed by atoms with van der Waals surface area (Å²) in [7, 11) is 3.18. The fourth-order valence-electron chi connectivity index (χ4n) is 2.75. The number of fused-ring (bicyclic) bond motifs is 1. The molecule has 0 atom stereocenters. The van der Waals surface area contributed by atoms with E-state index in [0.29, 0.717) is 18.0 Å². The van der Waals surface area contributed by atoms with Crippen LogP contribution in [-0.4, -0.2) is 20.1 Å². The molecule has 2 aromatic carbocycles. The van der Waals surface area contributed by atoms with Crippen LogP contribution >= 0.6 is 0 Å². The smallest absolute Gasteiger partial charge is 0.224 e. The van der Waals surface area contributed by atoms with Gasteiger partial charge in [0.05, 0.1) is 26.9 Å². The minimum absolute atomic E-state index is 0.0574. The maximum atomic E-state index is 12.3. The Morgan fingerprint density at radius 3 is 2.64 bits per heavy atom. The summed E-state index contributed by atoms with van der Waals surface area (Å²) in [5, 5.41) is 3.90. The van der Waals surface area contributed by atoms with Crippen LogP contribution in [0.25, 0.3) is 11.0 Å². The molecule has 0 radical (unpaired) electrons. The van der Waals surface area contributed by atoms with Crippen LogP contribution in [0.5, 0.6) is 11.5 Å². The second kappa shape index (κ2) is 7.30. The summed E-state index contributed by atoms with van der Waals surface area (Å²) in [4.78, 5) is 12.3. The molecule has 0 bridgehead atoms. The highest BCUT2D eigenvalue weighted by molar-refractivity contribution is 5.87. The zero-order chi connectivity index (χ0) is 17.8. The SMILES string of the molecule is COc1ccc(CNC(=O)Cc2coc3cc(C)ccc23)cc1OC. The Morgan fingerprint density at radius 2 is 1.88 bits per heavy atom. The summed E-state index contributed by atoms with van der Waals surface area (Å²) in [6.07, 6.45) is 1.93. The fraction of sp³-hybridized carbons (Fsp3) is 0.250. The molecule has 0 aliphatic rings. The van der Waals surface area contributed by atoms with E-state index in [2.05, 4.69) is 5.32 Å². The molecule has 0 saturated carbocycles. The third-order valence-corrected chi connectivity index (χ3v) is 4.10. The van der Waals surface area contributed by atoms with Crippen LogP contribution in [0, 0.1) is 6.92 Å². The molecule has 0 spiro atoms. The first kappa shape index (κ1) is 16.9. The average Bonchev–Trinajstić information content (AvgIpc) is 3.01. The van der Waals surface area contributed by atoms with E-state index in [1.807, 2.05) is 43.3 Å². The highest BCUT2D eigenvalue weighted by atomic mass is 16.5. The Balaban J connectivity index is 1.64. The summed E-state index contributed by atoms with van der Waals surface area (Å²) in [5.74, 6) is 1.25. The number of hydrogen-bond acceptors (Lipinski definition) is 4. The maximum Gasteiger partial charge on any atom is 0.224 e. The van der Waals surface area contributed by atoms with Gasteiger partial charge in [-0.2, -0.15) is 0 Å². The van der Waals surface area contributed by atoms with E-state index in [9.17, 15) is 4.79 Å². The van der Waals surface area contributed by atoms with Gasteiger partial charge >= 0.3 is 0 Å². The van der Waals surface area contributed by atoms with E-state index in [-0.39, 0.29) is 12.3 Å². The quantitative estimate of drug-likeness (QED) is 0.745. The Morgan fingerprint density at radius 1 is 1.08 bits per heavy atom. The number of benzene rings is 2. The molecular weight excluding hydrogens is 318 g/mol. The van der Waals surface area contributed by atoms with Crippen molar-refractivity contribution in [2.75, 3.05) is 14.2 Å². The van der Waals surface area contributed by atoms with Gasteiger partial charge < -0.3 is 19.2 Å². The number of ether oxygens (including phenoxy) is 2. The molecule has 1 heterocycles. The molecule has 1 N–H and O–H groups in total. The number of amides is 1. The zero-order valence-electron chi connectivity index (χ0n) is 14.6. The number of methoxy groups -OCH3 is 2. The van der Waals surface area contributed by atoms with Crippen LogP contribution in [0.2, 0.25) is 0 Å². The van der Waals surface area contributed by atoms with Gasteiger partial charge in [-0.3, -0.25) is 4.79 Å². The van der Waals surface area contributed by atoms with Crippen LogP contribution in [0.1, 0.15) is 16.7 Å². The molecule has 130 valence electrons. The van der Waals surface area contributed by atoms with Crippen molar-refractivity contribution in [3.63, 3.8) is 0 Å². The number of furan rings is 1. The lowest BCUT2D eigenvalue weighted by atomic mass is 10.1. The van der Waals surface area contributed by atoms with Crippen LogP contribution in [0.4, 0.5) is 0 Å². The molecule has 25 heavy (non-hydrogen) atoms. The summed E-state index contributed by atoms with van der Waals surface area (Å²) in [6, 6.07) is 11.6. The second-order valence-electron chi connectivity index (χ2n) is 5.90. The molecule has 1 aromatic heterocycles. The minimum atomic E-state index is -0.0574. The predicted molar refractivity (Wildman–Crippen MR) is 96.0 cm³/mol. The zero-order valence-corrected chi connectivity index (χ0v) is 14.6. The van der Waals surface area contributed by atoms with E-state index in [4.69, 9.17) is 13.9 Å². The minimum Gasteiger partial charge on any atom is -0.493 e. The second-order valence-corrected chi connectivity index (χ2v) is 5.90. The molecule has 5 heteroatoms. The van der Waals surface area contributed by atoms with E-state index in [1.165, 1.54) is 0 Å². The van der Waals surface area contributed by atoms with Crippen molar-refractivity contribution in [2.45, 2.75) is 19.9 Å². The molecule has 3 rings (SSSR count). The number of nitrogens with one attached hydrogen (secondary N) is 1. The lowest BCUT2D eigenvalue weighted by molar-refractivity contribution is -0.120. The highest BCUT2D eigenvalue weighted by Crippen LogP contribution is 2.27. The Hall–Kier alpha value is -2.95. The van der Waals surface area contributed by atoms with Gasteiger partial charge in [-0.1, -0.05) is 18.2 Å². The number of aryl methyl sites for hydroxylation is 1. The average molecular weight is 339 g/mol. The third kappa shape index (κ3) is 3.76. The summed E-state index contributed by atoms with van der Waals surface area (Å²) >= 11 is 0. The number of hydrogen-bond donors (Lipinski definition) is 1. The number of carbonyl (C=O) groups is 1. The van der Waals surface area contributed by atoms with Crippen LogP contribution in [0.3, 0.4) is 0 Å². The first-order valence-corrected chi connectivity index (χ1v) is 8.05. The van der Waals surface area contributed by atoms with Crippen LogP contribution in [0.15, 0.2) is 47.1 Å². The number of rotatable bonds is 6. The maximum absolute atomic E-state index is 12.3. The molecule has 0 unspecified atom stereocenters. The van der Waals surface area contributed by atoms with Crippen molar-refractivity contribution >= 4 is 16.9 Å². The van der Waals surface area contributed by atoms with Crippen molar-refractivity contribution in [3.05, 3.63) is 59.4 Å². The van der Waals surface area contributed by atoms with Gasteiger partial charge in [0.2, 0.25) is 5.91 Å². The lowest BCUT2D eigenvalue weighted by Gasteiger charge is -2.10. The Bertz CT molecular complexity index is 898. The molecule has 1 amide bonds. The standard InChI is InChI=1S/C20H21NO4/c1-13-4-6-16-15(12-25-18(16)8-13)10-20(22)21-11-14-5-7-17(23-2)19(9-14)24-3/h4-9,12H,10-11H2,1-3H3,(H,21,22). The molecule has 0 aliphatic carbocycles. The van der Waals surface area contributed by atoms with Gasteiger partial charge in [-0.25, -0.2) is 0 Å². The Labute approximate surface area is 146 Å². The van der Waals surface area contributed by atoms with E-state index in [0.717, 1.165) is 27.7 Å². The van der Waals surface area contributed by atoms with Gasteiger partial charge in [0.1, 0.15) is 5.58 Å². The largest absolute Gasteiger partial charge is 0.493 e. The van der Waals surface area contributed by atoms with Crippen molar-refractivity contribution < 1.29 is 18.7 Å². The predicted octanol–water partition coefficient (Wildman–Crippen LogP) is 3.62. The van der Waals surface area contributed by atoms with Gasteiger partial charge in [0, 0.05) is 17.5 Å². The number of carbonyl (C=O) groups excluding carboxylic acids is 1. The third-order valence-electron chi connectivity index (χ3n) is 4.10. The molecule has 5 nitrogen and oxygen atoms in total. The molecule has 0 aliphatic heterocycles.